The molecule has 22 heavy (non-hydrogen) atoms. The number of rotatable bonds is 3. The number of fused-ring (bicyclic) bond motifs is 1. The molecule has 1 N–H and O–H groups in total. The van der Waals surface area contributed by atoms with Gasteiger partial charge in [0.05, 0.1) is 0 Å². The molecule has 0 atom stereocenters. The van der Waals surface area contributed by atoms with Crippen molar-refractivity contribution in [1.29, 1.82) is 0 Å². The lowest BCUT2D eigenvalue weighted by Gasteiger charge is -2.05. The molecule has 1 aromatic carbocycles. The third kappa shape index (κ3) is 2.57. The van der Waals surface area contributed by atoms with Crippen molar-refractivity contribution in [2.75, 3.05) is 11.6 Å². The molecule has 0 fully saturated rings. The summed E-state index contributed by atoms with van der Waals surface area (Å²) in [5.41, 5.74) is 3.68. The van der Waals surface area contributed by atoms with Gasteiger partial charge in [-0.05, 0) is 38.3 Å². The van der Waals surface area contributed by atoms with Crippen LogP contribution in [0.2, 0.25) is 0 Å². The minimum absolute atomic E-state index is 0.192. The molecule has 0 radical (unpaired) electrons. The van der Waals surface area contributed by atoms with Gasteiger partial charge < -0.3 is 5.32 Å². The van der Waals surface area contributed by atoms with Crippen molar-refractivity contribution in [3.8, 4) is 0 Å². The van der Waals surface area contributed by atoms with Gasteiger partial charge >= 0.3 is 0 Å². The average molecular weight is 312 g/mol. The minimum Gasteiger partial charge on any atom is -0.322 e. The number of aromatic nitrogens is 3. The standard InChI is InChI=1S/C16H16N4OS/c1-10-9-11(2)20-14(17-10)13(16(19-20)22-3)15(21)18-12-7-5-4-6-8-12/h4-9H,1-3H3,(H,18,21). The lowest BCUT2D eigenvalue weighted by Crippen LogP contribution is -2.13. The zero-order chi connectivity index (χ0) is 15.7. The highest BCUT2D eigenvalue weighted by Gasteiger charge is 2.21. The normalized spacial score (nSPS) is 10.9. The second-order valence-corrected chi connectivity index (χ2v) is 5.77. The number of nitrogens with one attached hydrogen (secondary N) is 1. The molecule has 0 aliphatic heterocycles. The molecule has 3 rings (SSSR count). The van der Waals surface area contributed by atoms with Gasteiger partial charge in [-0.2, -0.15) is 5.10 Å². The van der Waals surface area contributed by atoms with Gasteiger partial charge in [0.25, 0.3) is 5.91 Å². The molecular weight excluding hydrogens is 296 g/mol. The zero-order valence-electron chi connectivity index (χ0n) is 12.6. The Morgan fingerprint density at radius 2 is 1.95 bits per heavy atom. The average Bonchev–Trinajstić information content (AvgIpc) is 2.87. The molecule has 5 nitrogen and oxygen atoms in total. The van der Waals surface area contributed by atoms with E-state index in [1.165, 1.54) is 11.8 Å². The first-order valence-electron chi connectivity index (χ1n) is 6.87. The summed E-state index contributed by atoms with van der Waals surface area (Å²) in [7, 11) is 0. The Kier molecular flexibility index (Phi) is 3.85. The fourth-order valence-corrected chi connectivity index (χ4v) is 2.91. The van der Waals surface area contributed by atoms with E-state index in [-0.39, 0.29) is 5.91 Å². The van der Waals surface area contributed by atoms with Gasteiger partial charge in [-0.15, -0.1) is 11.8 Å². The highest BCUT2D eigenvalue weighted by atomic mass is 32.2. The summed E-state index contributed by atoms with van der Waals surface area (Å²) in [5.74, 6) is -0.192. The zero-order valence-corrected chi connectivity index (χ0v) is 13.4. The van der Waals surface area contributed by atoms with Crippen molar-refractivity contribution in [2.24, 2.45) is 0 Å². The number of amides is 1. The van der Waals surface area contributed by atoms with Crippen LogP contribution in [0, 0.1) is 13.8 Å². The molecule has 112 valence electrons. The number of hydrogen-bond donors (Lipinski definition) is 1. The Morgan fingerprint density at radius 1 is 1.23 bits per heavy atom. The van der Waals surface area contributed by atoms with Gasteiger partial charge in [0.1, 0.15) is 10.6 Å². The maximum absolute atomic E-state index is 12.7. The number of benzene rings is 1. The SMILES string of the molecule is CSc1nn2c(C)cc(C)nc2c1C(=O)Nc1ccccc1. The summed E-state index contributed by atoms with van der Waals surface area (Å²) >= 11 is 1.44. The number of nitrogens with zero attached hydrogens (tertiary/aromatic N) is 3. The quantitative estimate of drug-likeness (QED) is 0.754. The maximum atomic E-state index is 12.7. The van der Waals surface area contributed by atoms with Crippen molar-refractivity contribution in [2.45, 2.75) is 18.9 Å². The molecule has 1 amide bonds. The summed E-state index contributed by atoms with van der Waals surface area (Å²) < 4.78 is 1.72. The molecule has 0 saturated carbocycles. The second-order valence-electron chi connectivity index (χ2n) is 4.98. The number of hydrogen-bond acceptors (Lipinski definition) is 4. The molecule has 0 aliphatic carbocycles. The van der Waals surface area contributed by atoms with Crippen LogP contribution in [0.3, 0.4) is 0 Å². The molecule has 0 unspecified atom stereocenters. The molecule has 2 heterocycles. The number of carbonyl (C=O) groups excluding carboxylic acids is 1. The molecule has 0 spiro atoms. The van der Waals surface area contributed by atoms with E-state index in [2.05, 4.69) is 15.4 Å². The van der Waals surface area contributed by atoms with Crippen molar-refractivity contribution in [3.63, 3.8) is 0 Å². The van der Waals surface area contributed by atoms with Crippen LogP contribution in [-0.4, -0.2) is 26.8 Å². The highest BCUT2D eigenvalue weighted by molar-refractivity contribution is 7.98. The van der Waals surface area contributed by atoms with Gasteiger partial charge in [-0.1, -0.05) is 18.2 Å². The van der Waals surface area contributed by atoms with E-state index in [0.717, 1.165) is 17.1 Å². The van der Waals surface area contributed by atoms with Gasteiger partial charge in [0.2, 0.25) is 0 Å². The van der Waals surface area contributed by atoms with E-state index < -0.39 is 0 Å². The van der Waals surface area contributed by atoms with Crippen LogP contribution in [0.4, 0.5) is 5.69 Å². The lowest BCUT2D eigenvalue weighted by molar-refractivity contribution is 0.102. The third-order valence-electron chi connectivity index (χ3n) is 3.32. The first-order valence-corrected chi connectivity index (χ1v) is 8.10. The summed E-state index contributed by atoms with van der Waals surface area (Å²) in [5, 5.41) is 8.07. The van der Waals surface area contributed by atoms with E-state index in [1.54, 1.807) is 4.52 Å². The number of anilines is 1. The minimum atomic E-state index is -0.192. The predicted octanol–water partition coefficient (Wildman–Crippen LogP) is 3.32. The molecule has 0 bridgehead atoms. The van der Waals surface area contributed by atoms with E-state index >= 15 is 0 Å². The molecule has 0 aliphatic rings. The van der Waals surface area contributed by atoms with Crippen LogP contribution >= 0.6 is 11.8 Å². The first-order chi connectivity index (χ1) is 10.6. The van der Waals surface area contributed by atoms with E-state index in [0.29, 0.717) is 16.2 Å². The van der Waals surface area contributed by atoms with Crippen molar-refractivity contribution >= 4 is 29.0 Å². The second kappa shape index (κ2) is 5.81. The molecule has 6 heteroatoms. The number of carbonyl (C=O) groups is 1. The molecule has 3 aromatic rings. The van der Waals surface area contributed by atoms with Crippen LogP contribution < -0.4 is 5.32 Å². The molecule has 0 saturated heterocycles. The highest BCUT2D eigenvalue weighted by Crippen LogP contribution is 2.25. The summed E-state index contributed by atoms with van der Waals surface area (Å²) in [6, 6.07) is 11.3. The van der Waals surface area contributed by atoms with Crippen molar-refractivity contribution in [1.82, 2.24) is 14.6 Å². The van der Waals surface area contributed by atoms with Crippen LogP contribution in [0.25, 0.3) is 5.65 Å². The predicted molar refractivity (Wildman–Crippen MR) is 88.6 cm³/mol. The van der Waals surface area contributed by atoms with Crippen LogP contribution in [-0.2, 0) is 0 Å². The van der Waals surface area contributed by atoms with E-state index in [4.69, 9.17) is 0 Å². The topological polar surface area (TPSA) is 59.3 Å². The van der Waals surface area contributed by atoms with Gasteiger partial charge in [-0.25, -0.2) is 9.50 Å². The number of thioether (sulfide) groups is 1. The van der Waals surface area contributed by atoms with Gasteiger partial charge in [0.15, 0.2) is 5.65 Å². The smallest absolute Gasteiger partial charge is 0.262 e. The Morgan fingerprint density at radius 3 is 2.64 bits per heavy atom. The third-order valence-corrected chi connectivity index (χ3v) is 3.99. The summed E-state index contributed by atoms with van der Waals surface area (Å²) in [6.45, 7) is 3.87. The van der Waals surface area contributed by atoms with Crippen LogP contribution in [0.1, 0.15) is 21.7 Å². The van der Waals surface area contributed by atoms with Gasteiger partial charge in [-0.3, -0.25) is 4.79 Å². The van der Waals surface area contributed by atoms with Crippen molar-refractivity contribution < 1.29 is 4.79 Å². The molecular formula is C16H16N4OS. The van der Waals surface area contributed by atoms with E-state index in [9.17, 15) is 4.79 Å². The van der Waals surface area contributed by atoms with Gasteiger partial charge in [0, 0.05) is 17.1 Å². The van der Waals surface area contributed by atoms with Crippen LogP contribution in [0.15, 0.2) is 41.4 Å². The summed E-state index contributed by atoms with van der Waals surface area (Å²) in [4.78, 5) is 17.2. The van der Waals surface area contributed by atoms with Crippen molar-refractivity contribution in [3.05, 3.63) is 53.3 Å². The Labute approximate surface area is 132 Å². The fraction of sp³-hybridized carbons (Fsp3) is 0.188. The first kappa shape index (κ1) is 14.6. The van der Waals surface area contributed by atoms with E-state index in [1.807, 2.05) is 56.5 Å². The monoisotopic (exact) mass is 312 g/mol. The number of aryl methyl sites for hydroxylation is 2. The van der Waals surface area contributed by atoms with Crippen LogP contribution in [0.5, 0.6) is 0 Å². The lowest BCUT2D eigenvalue weighted by atomic mass is 10.2. The summed E-state index contributed by atoms with van der Waals surface area (Å²) in [6.07, 6.45) is 1.91. The fourth-order valence-electron chi connectivity index (χ4n) is 2.36. The number of para-hydroxylation sites is 1. The Bertz CT molecular complexity index is 842. The molecule has 2 aromatic heterocycles. The largest absolute Gasteiger partial charge is 0.322 e. The maximum Gasteiger partial charge on any atom is 0.262 e. The Balaban J connectivity index is 2.10. The Hall–Kier alpha value is -2.34.